The molecule has 28 heavy (non-hydrogen) atoms. The summed E-state index contributed by atoms with van der Waals surface area (Å²) in [5.74, 6) is 0.205. The molecule has 2 aromatic carbocycles. The van der Waals surface area contributed by atoms with Crippen molar-refractivity contribution in [2.24, 2.45) is 0 Å². The first kappa shape index (κ1) is 18.5. The van der Waals surface area contributed by atoms with Gasteiger partial charge in [0.2, 0.25) is 5.13 Å². The second-order valence-electron chi connectivity index (χ2n) is 6.13. The summed E-state index contributed by atoms with van der Waals surface area (Å²) in [5.41, 5.74) is 3.92. The van der Waals surface area contributed by atoms with E-state index in [1.807, 2.05) is 50.2 Å². The minimum Gasteiger partial charge on any atom is -0.297 e. The van der Waals surface area contributed by atoms with Crippen molar-refractivity contribution in [3.63, 3.8) is 0 Å². The molecule has 0 radical (unpaired) electrons. The number of halogens is 1. The lowest BCUT2D eigenvalue weighted by Gasteiger charge is -2.05. The van der Waals surface area contributed by atoms with E-state index in [0.717, 1.165) is 32.9 Å². The van der Waals surface area contributed by atoms with Crippen LogP contribution in [0.15, 0.2) is 53.0 Å². The number of nitrogens with zero attached hydrogens (tertiary/aromatic N) is 5. The van der Waals surface area contributed by atoms with Crippen molar-refractivity contribution in [1.29, 1.82) is 0 Å². The first-order valence-corrected chi connectivity index (χ1v) is 9.99. The van der Waals surface area contributed by atoms with Crippen LogP contribution in [0.3, 0.4) is 0 Å². The fourth-order valence-electron chi connectivity index (χ4n) is 2.63. The normalized spacial score (nSPS) is 10.8. The molecule has 0 aliphatic carbocycles. The molecular formula is C19H15BrN6OS. The molecule has 0 unspecified atom stereocenters. The largest absolute Gasteiger partial charge is 0.297 e. The number of hydrogen-bond donors (Lipinski definition) is 1. The molecule has 0 saturated carbocycles. The molecule has 0 fully saturated rings. The van der Waals surface area contributed by atoms with Crippen molar-refractivity contribution in [3.05, 3.63) is 69.8 Å². The van der Waals surface area contributed by atoms with E-state index in [-0.39, 0.29) is 5.91 Å². The molecule has 4 aromatic rings. The third kappa shape index (κ3) is 3.58. The molecule has 2 aromatic heterocycles. The third-order valence-electron chi connectivity index (χ3n) is 4.15. The lowest BCUT2D eigenvalue weighted by Crippen LogP contribution is -2.11. The Bertz CT molecular complexity index is 1150. The fourth-order valence-corrected chi connectivity index (χ4v) is 3.65. The number of para-hydroxylation sites is 1. The SMILES string of the molecule is Cc1ccc(C(=O)Nc2nc(-c3nnn(-c4ccccc4Br)c3C)ns2)cc1. The molecule has 140 valence electrons. The van der Waals surface area contributed by atoms with Gasteiger partial charge in [-0.25, -0.2) is 4.68 Å². The van der Waals surface area contributed by atoms with E-state index < -0.39 is 0 Å². The van der Waals surface area contributed by atoms with Gasteiger partial charge in [-0.3, -0.25) is 10.1 Å². The molecule has 0 spiro atoms. The number of amides is 1. The quantitative estimate of drug-likeness (QED) is 0.493. The van der Waals surface area contributed by atoms with Gasteiger partial charge in [0.25, 0.3) is 5.91 Å². The molecule has 1 amide bonds. The van der Waals surface area contributed by atoms with Gasteiger partial charge in [-0.1, -0.05) is 35.0 Å². The first-order valence-electron chi connectivity index (χ1n) is 8.42. The van der Waals surface area contributed by atoms with Crippen LogP contribution in [0.25, 0.3) is 17.2 Å². The van der Waals surface area contributed by atoms with Crippen LogP contribution in [0.2, 0.25) is 0 Å². The highest BCUT2D eigenvalue weighted by molar-refractivity contribution is 9.10. The Morgan fingerprint density at radius 2 is 1.86 bits per heavy atom. The van der Waals surface area contributed by atoms with E-state index in [0.29, 0.717) is 22.2 Å². The summed E-state index contributed by atoms with van der Waals surface area (Å²) in [4.78, 5) is 16.8. The maximum Gasteiger partial charge on any atom is 0.257 e. The Hall–Kier alpha value is -2.91. The van der Waals surface area contributed by atoms with Crippen LogP contribution in [0, 0.1) is 13.8 Å². The maximum absolute atomic E-state index is 12.4. The number of rotatable bonds is 4. The standard InChI is InChI=1S/C19H15BrN6OS/c1-11-7-9-13(10-8-11)18(27)22-19-21-17(24-28-19)16-12(2)26(25-23-16)15-6-4-3-5-14(15)20/h3-10H,1-2H3,(H,21,22,24,27). The van der Waals surface area contributed by atoms with Gasteiger partial charge >= 0.3 is 0 Å². The van der Waals surface area contributed by atoms with Gasteiger partial charge in [-0.05, 0) is 54.0 Å². The van der Waals surface area contributed by atoms with Gasteiger partial charge in [0.1, 0.15) is 0 Å². The number of aryl methyl sites for hydroxylation is 1. The van der Waals surface area contributed by atoms with E-state index in [2.05, 4.69) is 40.9 Å². The highest BCUT2D eigenvalue weighted by Crippen LogP contribution is 2.26. The summed E-state index contributed by atoms with van der Waals surface area (Å²) in [5, 5.41) is 11.6. The molecule has 0 aliphatic heterocycles. The van der Waals surface area contributed by atoms with Gasteiger partial charge in [-0.2, -0.15) is 9.36 Å². The number of benzene rings is 2. The van der Waals surface area contributed by atoms with Gasteiger partial charge < -0.3 is 0 Å². The van der Waals surface area contributed by atoms with Crippen molar-refractivity contribution >= 4 is 38.5 Å². The van der Waals surface area contributed by atoms with Crippen molar-refractivity contribution in [2.45, 2.75) is 13.8 Å². The summed E-state index contributed by atoms with van der Waals surface area (Å²) in [6, 6.07) is 15.1. The Balaban J connectivity index is 1.57. The Morgan fingerprint density at radius 1 is 1.11 bits per heavy atom. The lowest BCUT2D eigenvalue weighted by atomic mass is 10.1. The Morgan fingerprint density at radius 3 is 2.61 bits per heavy atom. The lowest BCUT2D eigenvalue weighted by molar-refractivity contribution is 0.102. The van der Waals surface area contributed by atoms with Crippen LogP contribution < -0.4 is 5.32 Å². The van der Waals surface area contributed by atoms with Crippen LogP contribution in [-0.4, -0.2) is 30.3 Å². The molecular weight excluding hydrogens is 440 g/mol. The zero-order valence-corrected chi connectivity index (χ0v) is 17.5. The number of carbonyl (C=O) groups is 1. The van der Waals surface area contributed by atoms with E-state index >= 15 is 0 Å². The predicted molar refractivity (Wildman–Crippen MR) is 112 cm³/mol. The molecule has 0 bridgehead atoms. The molecule has 0 atom stereocenters. The molecule has 0 aliphatic rings. The number of aromatic nitrogens is 5. The van der Waals surface area contributed by atoms with Crippen molar-refractivity contribution in [3.8, 4) is 17.2 Å². The number of hydrogen-bond acceptors (Lipinski definition) is 6. The van der Waals surface area contributed by atoms with E-state index in [1.165, 1.54) is 0 Å². The summed E-state index contributed by atoms with van der Waals surface area (Å²) in [6.45, 7) is 3.88. The Kier molecular flexibility index (Phi) is 5.01. The number of anilines is 1. The van der Waals surface area contributed by atoms with Crippen molar-refractivity contribution < 1.29 is 4.79 Å². The van der Waals surface area contributed by atoms with Crippen LogP contribution in [0.1, 0.15) is 21.6 Å². The van der Waals surface area contributed by atoms with Gasteiger partial charge in [-0.15, -0.1) is 5.10 Å². The number of carbonyl (C=O) groups excluding carboxylic acids is 1. The molecule has 4 rings (SSSR count). The maximum atomic E-state index is 12.4. The third-order valence-corrected chi connectivity index (χ3v) is 5.45. The minimum atomic E-state index is -0.226. The van der Waals surface area contributed by atoms with Crippen molar-refractivity contribution in [1.82, 2.24) is 24.4 Å². The smallest absolute Gasteiger partial charge is 0.257 e. The molecule has 2 heterocycles. The van der Waals surface area contributed by atoms with Gasteiger partial charge in [0.05, 0.1) is 11.4 Å². The second kappa shape index (κ2) is 7.61. The average Bonchev–Trinajstić information content (AvgIpc) is 3.29. The summed E-state index contributed by atoms with van der Waals surface area (Å²) < 4.78 is 6.96. The van der Waals surface area contributed by atoms with Crippen LogP contribution in [-0.2, 0) is 0 Å². The zero-order valence-electron chi connectivity index (χ0n) is 15.0. The van der Waals surface area contributed by atoms with E-state index in [4.69, 9.17) is 0 Å². The van der Waals surface area contributed by atoms with Crippen LogP contribution in [0.5, 0.6) is 0 Å². The summed E-state index contributed by atoms with van der Waals surface area (Å²) in [7, 11) is 0. The summed E-state index contributed by atoms with van der Waals surface area (Å²) >= 11 is 4.63. The van der Waals surface area contributed by atoms with E-state index in [1.54, 1.807) is 16.8 Å². The monoisotopic (exact) mass is 454 g/mol. The zero-order chi connectivity index (χ0) is 19.7. The predicted octanol–water partition coefficient (Wildman–Crippen LogP) is 4.42. The van der Waals surface area contributed by atoms with Crippen molar-refractivity contribution in [2.75, 3.05) is 5.32 Å². The van der Waals surface area contributed by atoms with Crippen LogP contribution >= 0.6 is 27.5 Å². The van der Waals surface area contributed by atoms with Crippen LogP contribution in [0.4, 0.5) is 5.13 Å². The number of nitrogens with one attached hydrogen (secondary N) is 1. The summed E-state index contributed by atoms with van der Waals surface area (Å²) in [6.07, 6.45) is 0. The Labute approximate surface area is 173 Å². The molecule has 7 nitrogen and oxygen atoms in total. The average molecular weight is 455 g/mol. The topological polar surface area (TPSA) is 85.6 Å². The highest BCUT2D eigenvalue weighted by Gasteiger charge is 2.18. The molecule has 0 saturated heterocycles. The fraction of sp³-hybridized carbons (Fsp3) is 0.105. The molecule has 1 N–H and O–H groups in total. The second-order valence-corrected chi connectivity index (χ2v) is 7.74. The van der Waals surface area contributed by atoms with Gasteiger partial charge in [0.15, 0.2) is 11.5 Å². The van der Waals surface area contributed by atoms with Gasteiger partial charge in [0, 0.05) is 21.6 Å². The molecule has 9 heteroatoms. The first-order chi connectivity index (χ1) is 13.5. The highest BCUT2D eigenvalue weighted by atomic mass is 79.9. The van der Waals surface area contributed by atoms with E-state index in [9.17, 15) is 4.79 Å². The minimum absolute atomic E-state index is 0.226.